The van der Waals surface area contributed by atoms with Crippen LogP contribution in [0, 0.1) is 5.82 Å². The number of rotatable bonds is 4. The van der Waals surface area contributed by atoms with Crippen LogP contribution in [-0.2, 0) is 4.74 Å². The van der Waals surface area contributed by atoms with Gasteiger partial charge in [0.25, 0.3) is 0 Å². The standard InChI is InChI=1S/C13H18FNO2/c1-16-9-4-5-10(11(14)8-9)12(15)13(17-2)6-3-7-13/h4-5,8,12H,3,6-7,15H2,1-2H3. The van der Waals surface area contributed by atoms with Crippen LogP contribution in [0.4, 0.5) is 4.39 Å². The molecule has 4 heteroatoms. The Morgan fingerprint density at radius 2 is 2.06 bits per heavy atom. The van der Waals surface area contributed by atoms with Crippen LogP contribution in [0.15, 0.2) is 18.2 Å². The maximum Gasteiger partial charge on any atom is 0.131 e. The molecule has 0 saturated heterocycles. The first kappa shape index (κ1) is 12.3. The number of methoxy groups -OCH3 is 2. The lowest BCUT2D eigenvalue weighted by Crippen LogP contribution is -2.48. The van der Waals surface area contributed by atoms with Gasteiger partial charge in [-0.2, -0.15) is 0 Å². The maximum atomic E-state index is 13.9. The van der Waals surface area contributed by atoms with Gasteiger partial charge in [-0.15, -0.1) is 0 Å². The van der Waals surface area contributed by atoms with Gasteiger partial charge in [0.15, 0.2) is 0 Å². The molecule has 0 spiro atoms. The van der Waals surface area contributed by atoms with Crippen molar-refractivity contribution in [3.8, 4) is 5.75 Å². The molecule has 1 aromatic rings. The molecule has 0 aliphatic heterocycles. The quantitative estimate of drug-likeness (QED) is 0.877. The summed E-state index contributed by atoms with van der Waals surface area (Å²) >= 11 is 0. The Kier molecular flexibility index (Phi) is 3.35. The molecule has 1 aliphatic carbocycles. The van der Waals surface area contributed by atoms with Crippen LogP contribution in [0.5, 0.6) is 5.75 Å². The molecule has 1 aromatic carbocycles. The summed E-state index contributed by atoms with van der Waals surface area (Å²) in [5.74, 6) is 0.165. The van der Waals surface area contributed by atoms with Gasteiger partial charge in [-0.25, -0.2) is 4.39 Å². The molecule has 17 heavy (non-hydrogen) atoms. The summed E-state index contributed by atoms with van der Waals surface area (Å²) in [7, 11) is 3.15. The van der Waals surface area contributed by atoms with Crippen molar-refractivity contribution < 1.29 is 13.9 Å². The highest BCUT2D eigenvalue weighted by atomic mass is 19.1. The smallest absolute Gasteiger partial charge is 0.131 e. The molecule has 1 fully saturated rings. The van der Waals surface area contributed by atoms with Gasteiger partial charge in [0.05, 0.1) is 18.8 Å². The highest BCUT2D eigenvalue weighted by molar-refractivity contribution is 5.32. The van der Waals surface area contributed by atoms with Gasteiger partial charge >= 0.3 is 0 Å². The van der Waals surface area contributed by atoms with E-state index in [1.807, 2.05) is 0 Å². The van der Waals surface area contributed by atoms with E-state index >= 15 is 0 Å². The number of hydrogen-bond acceptors (Lipinski definition) is 3. The molecule has 0 aromatic heterocycles. The van der Waals surface area contributed by atoms with Crippen molar-refractivity contribution in [2.45, 2.75) is 30.9 Å². The van der Waals surface area contributed by atoms with Gasteiger partial charge < -0.3 is 15.2 Å². The van der Waals surface area contributed by atoms with Gasteiger partial charge in [0, 0.05) is 18.7 Å². The number of halogens is 1. The Balaban J connectivity index is 2.27. The van der Waals surface area contributed by atoms with E-state index in [1.54, 1.807) is 19.2 Å². The van der Waals surface area contributed by atoms with Crippen LogP contribution in [-0.4, -0.2) is 19.8 Å². The van der Waals surface area contributed by atoms with E-state index in [2.05, 4.69) is 0 Å². The molecule has 1 aliphatic rings. The second-order valence-electron chi connectivity index (χ2n) is 4.49. The predicted molar refractivity (Wildman–Crippen MR) is 63.5 cm³/mol. The molecule has 1 atom stereocenters. The minimum atomic E-state index is -0.424. The van der Waals surface area contributed by atoms with Crippen LogP contribution < -0.4 is 10.5 Å². The minimum Gasteiger partial charge on any atom is -0.497 e. The zero-order chi connectivity index (χ0) is 12.5. The molecule has 2 rings (SSSR count). The van der Waals surface area contributed by atoms with Crippen molar-refractivity contribution in [2.75, 3.05) is 14.2 Å². The topological polar surface area (TPSA) is 44.5 Å². The molecule has 2 N–H and O–H groups in total. The Labute approximate surface area is 101 Å². The maximum absolute atomic E-state index is 13.9. The molecule has 1 unspecified atom stereocenters. The monoisotopic (exact) mass is 239 g/mol. The number of nitrogens with two attached hydrogens (primary N) is 1. The summed E-state index contributed by atoms with van der Waals surface area (Å²) in [5, 5.41) is 0. The predicted octanol–water partition coefficient (Wildman–Crippen LogP) is 2.40. The Hall–Kier alpha value is -1.13. The van der Waals surface area contributed by atoms with Gasteiger partial charge in [-0.05, 0) is 25.3 Å². The first-order chi connectivity index (χ1) is 8.13. The van der Waals surface area contributed by atoms with Gasteiger partial charge in [-0.1, -0.05) is 6.07 Å². The van der Waals surface area contributed by atoms with Crippen molar-refractivity contribution >= 4 is 0 Å². The van der Waals surface area contributed by atoms with Crippen LogP contribution in [0.25, 0.3) is 0 Å². The zero-order valence-corrected chi connectivity index (χ0v) is 10.2. The van der Waals surface area contributed by atoms with Crippen molar-refractivity contribution in [3.63, 3.8) is 0 Å². The summed E-state index contributed by atoms with van der Waals surface area (Å²) in [6, 6.07) is 4.34. The molecule has 0 bridgehead atoms. The van der Waals surface area contributed by atoms with E-state index in [1.165, 1.54) is 13.2 Å². The molecule has 94 valence electrons. The molecule has 0 radical (unpaired) electrons. The Morgan fingerprint density at radius 3 is 2.47 bits per heavy atom. The van der Waals surface area contributed by atoms with E-state index in [-0.39, 0.29) is 5.82 Å². The summed E-state index contributed by atoms with van der Waals surface area (Å²) in [4.78, 5) is 0. The summed E-state index contributed by atoms with van der Waals surface area (Å²) in [5.41, 5.74) is 6.23. The average molecular weight is 239 g/mol. The number of benzene rings is 1. The second kappa shape index (κ2) is 4.63. The molecule has 3 nitrogen and oxygen atoms in total. The SMILES string of the molecule is COc1ccc(C(N)C2(OC)CCC2)c(F)c1. The van der Waals surface area contributed by atoms with Crippen LogP contribution in [0.2, 0.25) is 0 Å². The Bertz CT molecular complexity index is 399. The third-order valence-corrected chi connectivity index (χ3v) is 3.72. The van der Waals surface area contributed by atoms with Crippen molar-refractivity contribution in [2.24, 2.45) is 5.73 Å². The number of ether oxygens (including phenoxy) is 2. The fourth-order valence-electron chi connectivity index (χ4n) is 2.34. The fraction of sp³-hybridized carbons (Fsp3) is 0.538. The van der Waals surface area contributed by atoms with Crippen LogP contribution >= 0.6 is 0 Å². The summed E-state index contributed by atoms with van der Waals surface area (Å²) in [6.45, 7) is 0. The summed E-state index contributed by atoms with van der Waals surface area (Å²) < 4.78 is 24.3. The highest BCUT2D eigenvalue weighted by Crippen LogP contribution is 2.44. The first-order valence-electron chi connectivity index (χ1n) is 5.77. The molecule has 0 heterocycles. The van der Waals surface area contributed by atoms with Crippen molar-refractivity contribution in [3.05, 3.63) is 29.6 Å². The zero-order valence-electron chi connectivity index (χ0n) is 10.2. The van der Waals surface area contributed by atoms with Gasteiger partial charge in [0.2, 0.25) is 0 Å². The first-order valence-corrected chi connectivity index (χ1v) is 5.77. The third kappa shape index (κ3) is 2.03. The van der Waals surface area contributed by atoms with Crippen LogP contribution in [0.3, 0.4) is 0 Å². The van der Waals surface area contributed by atoms with Gasteiger partial charge in [-0.3, -0.25) is 0 Å². The molecular weight excluding hydrogens is 221 g/mol. The fourth-order valence-corrected chi connectivity index (χ4v) is 2.34. The van der Waals surface area contributed by atoms with E-state index in [4.69, 9.17) is 15.2 Å². The van der Waals surface area contributed by atoms with Crippen LogP contribution in [0.1, 0.15) is 30.9 Å². The summed E-state index contributed by atoms with van der Waals surface area (Å²) in [6.07, 6.45) is 2.85. The normalized spacial score (nSPS) is 19.5. The van der Waals surface area contributed by atoms with Gasteiger partial charge in [0.1, 0.15) is 11.6 Å². The molecule has 0 amide bonds. The lowest BCUT2D eigenvalue weighted by Gasteiger charge is -2.45. The highest BCUT2D eigenvalue weighted by Gasteiger charge is 2.44. The van der Waals surface area contributed by atoms with E-state index < -0.39 is 11.6 Å². The second-order valence-corrected chi connectivity index (χ2v) is 4.49. The third-order valence-electron chi connectivity index (χ3n) is 3.72. The van der Waals surface area contributed by atoms with Crippen molar-refractivity contribution in [1.29, 1.82) is 0 Å². The van der Waals surface area contributed by atoms with E-state index in [0.29, 0.717) is 11.3 Å². The van der Waals surface area contributed by atoms with Crippen molar-refractivity contribution in [1.82, 2.24) is 0 Å². The minimum absolute atomic E-state index is 0.333. The molecule has 1 saturated carbocycles. The average Bonchev–Trinajstić information content (AvgIpc) is 2.28. The molecular formula is C13H18FNO2. The van der Waals surface area contributed by atoms with E-state index in [9.17, 15) is 4.39 Å². The number of hydrogen-bond donors (Lipinski definition) is 1. The lowest BCUT2D eigenvalue weighted by atomic mass is 9.72. The Morgan fingerprint density at radius 1 is 1.35 bits per heavy atom. The van der Waals surface area contributed by atoms with E-state index in [0.717, 1.165) is 19.3 Å². The lowest BCUT2D eigenvalue weighted by molar-refractivity contribution is -0.0917. The largest absolute Gasteiger partial charge is 0.497 e.